The van der Waals surface area contributed by atoms with Crippen LogP contribution >= 0.6 is 0 Å². The molecule has 0 spiro atoms. The highest BCUT2D eigenvalue weighted by Crippen LogP contribution is 2.28. The minimum atomic E-state index is -0.375. The molecule has 0 heterocycles. The number of nitrogens with zero attached hydrogens (tertiary/aromatic N) is 2. The number of benzene rings is 2. The van der Waals surface area contributed by atoms with Gasteiger partial charge in [-0.2, -0.15) is 0 Å². The number of hydrogen-bond donors (Lipinski definition) is 0. The maximum absolute atomic E-state index is 10.4. The van der Waals surface area contributed by atoms with Crippen molar-refractivity contribution < 1.29 is 4.92 Å². The molecule has 3 rings (SSSR count). The number of anilines is 1. The molecule has 1 aliphatic rings. The molecule has 0 N–H and O–H groups in total. The zero-order valence-corrected chi connectivity index (χ0v) is 17.1. The average molecular weight is 367 g/mol. The van der Waals surface area contributed by atoms with Crippen LogP contribution in [0.2, 0.25) is 0 Å². The lowest BCUT2D eigenvalue weighted by Gasteiger charge is -2.20. The van der Waals surface area contributed by atoms with Crippen LogP contribution in [0.25, 0.3) is 6.08 Å². The molecule has 0 radical (unpaired) electrons. The standard InChI is InChI=1S/C12H19N.C11H11NO2/c1-6-11-8-9(2)7-10(3)12(11)13(4)5;13-12(14)11-6-4-10(5-7-11)8-9-2-1-3-9/h7-8H,6H2,1-5H3;4-8H,1-3H2. The molecule has 4 heteroatoms. The molecule has 2 aromatic rings. The molecule has 1 fully saturated rings. The van der Waals surface area contributed by atoms with Gasteiger partial charge in [0.15, 0.2) is 0 Å². The van der Waals surface area contributed by atoms with Crippen molar-refractivity contribution in [1.29, 1.82) is 0 Å². The highest BCUT2D eigenvalue weighted by molar-refractivity contribution is 5.59. The summed E-state index contributed by atoms with van der Waals surface area (Å²) in [5.41, 5.74) is 8.22. The van der Waals surface area contributed by atoms with Gasteiger partial charge in [0.1, 0.15) is 0 Å². The van der Waals surface area contributed by atoms with E-state index in [1.165, 1.54) is 47.2 Å². The summed E-state index contributed by atoms with van der Waals surface area (Å²) in [6.45, 7) is 6.55. The molecule has 0 amide bonds. The van der Waals surface area contributed by atoms with Gasteiger partial charge < -0.3 is 4.90 Å². The quantitative estimate of drug-likeness (QED) is 0.485. The number of nitro benzene ring substituents is 1. The Hall–Kier alpha value is -2.62. The van der Waals surface area contributed by atoms with E-state index in [1.54, 1.807) is 24.3 Å². The van der Waals surface area contributed by atoms with Gasteiger partial charge in [-0.3, -0.25) is 10.1 Å². The molecule has 0 bridgehead atoms. The number of nitro groups is 1. The van der Waals surface area contributed by atoms with Crippen LogP contribution in [-0.2, 0) is 6.42 Å². The SMILES string of the molecule is CCc1cc(C)cc(C)c1N(C)C.O=[N+]([O-])c1ccc(C=C2CCC2)cc1. The zero-order valence-electron chi connectivity index (χ0n) is 17.1. The second-order valence-corrected chi connectivity index (χ2v) is 7.34. The summed E-state index contributed by atoms with van der Waals surface area (Å²) in [5, 5.41) is 10.4. The van der Waals surface area contributed by atoms with Crippen molar-refractivity contribution in [1.82, 2.24) is 0 Å². The topological polar surface area (TPSA) is 46.4 Å². The first-order valence-corrected chi connectivity index (χ1v) is 9.53. The van der Waals surface area contributed by atoms with Crippen molar-refractivity contribution in [3.05, 3.63) is 74.3 Å². The molecule has 27 heavy (non-hydrogen) atoms. The van der Waals surface area contributed by atoms with Gasteiger partial charge in [-0.25, -0.2) is 0 Å². The largest absolute Gasteiger partial charge is 0.377 e. The molecule has 1 saturated carbocycles. The molecule has 2 aromatic carbocycles. The normalized spacial score (nSPS) is 12.6. The van der Waals surface area contributed by atoms with Crippen molar-refractivity contribution in [2.45, 2.75) is 46.5 Å². The molecule has 144 valence electrons. The highest BCUT2D eigenvalue weighted by atomic mass is 16.6. The van der Waals surface area contributed by atoms with Crippen molar-refractivity contribution in [2.24, 2.45) is 0 Å². The van der Waals surface area contributed by atoms with Crippen LogP contribution in [0.5, 0.6) is 0 Å². The van der Waals surface area contributed by atoms with Crippen LogP contribution in [0.15, 0.2) is 42.0 Å². The van der Waals surface area contributed by atoms with Crippen molar-refractivity contribution in [3.8, 4) is 0 Å². The Kier molecular flexibility index (Phi) is 7.17. The van der Waals surface area contributed by atoms with Crippen LogP contribution in [-0.4, -0.2) is 19.0 Å². The Balaban J connectivity index is 0.000000194. The van der Waals surface area contributed by atoms with Gasteiger partial charge in [-0.1, -0.05) is 36.3 Å². The first-order valence-electron chi connectivity index (χ1n) is 9.53. The third kappa shape index (κ3) is 5.68. The maximum Gasteiger partial charge on any atom is 0.269 e. The summed E-state index contributed by atoms with van der Waals surface area (Å²) in [4.78, 5) is 12.2. The number of non-ortho nitro benzene ring substituents is 1. The van der Waals surface area contributed by atoms with Crippen molar-refractivity contribution in [3.63, 3.8) is 0 Å². The third-order valence-corrected chi connectivity index (χ3v) is 4.82. The van der Waals surface area contributed by atoms with Gasteiger partial charge >= 0.3 is 0 Å². The Morgan fingerprint density at radius 1 is 1.11 bits per heavy atom. The first-order chi connectivity index (χ1) is 12.8. The van der Waals surface area contributed by atoms with Crippen LogP contribution in [0.4, 0.5) is 11.4 Å². The van der Waals surface area contributed by atoms with E-state index in [-0.39, 0.29) is 10.6 Å². The van der Waals surface area contributed by atoms with E-state index in [0.717, 1.165) is 12.0 Å². The molecular weight excluding hydrogens is 336 g/mol. The Morgan fingerprint density at radius 3 is 2.19 bits per heavy atom. The zero-order chi connectivity index (χ0) is 20.0. The molecule has 0 saturated heterocycles. The minimum Gasteiger partial charge on any atom is -0.377 e. The van der Waals surface area contributed by atoms with E-state index < -0.39 is 0 Å². The molecule has 0 atom stereocenters. The van der Waals surface area contributed by atoms with E-state index >= 15 is 0 Å². The fraction of sp³-hybridized carbons (Fsp3) is 0.391. The molecule has 1 aliphatic carbocycles. The van der Waals surface area contributed by atoms with E-state index in [1.807, 2.05) is 0 Å². The van der Waals surface area contributed by atoms with Gasteiger partial charge in [0.2, 0.25) is 0 Å². The maximum atomic E-state index is 10.4. The van der Waals surface area contributed by atoms with E-state index in [2.05, 4.69) is 58.0 Å². The van der Waals surface area contributed by atoms with Crippen LogP contribution in [0.1, 0.15) is 48.4 Å². The van der Waals surface area contributed by atoms with Crippen molar-refractivity contribution >= 4 is 17.5 Å². The number of allylic oxidation sites excluding steroid dienone is 1. The van der Waals surface area contributed by atoms with Gasteiger partial charge in [0.05, 0.1) is 4.92 Å². The second-order valence-electron chi connectivity index (χ2n) is 7.34. The average Bonchev–Trinajstić information content (AvgIpc) is 2.58. The third-order valence-electron chi connectivity index (χ3n) is 4.82. The summed E-state index contributed by atoms with van der Waals surface area (Å²) in [6.07, 6.45) is 6.86. The second kappa shape index (κ2) is 9.36. The summed E-state index contributed by atoms with van der Waals surface area (Å²) >= 11 is 0. The minimum absolute atomic E-state index is 0.153. The lowest BCUT2D eigenvalue weighted by molar-refractivity contribution is -0.384. The van der Waals surface area contributed by atoms with Gasteiger partial charge in [0, 0.05) is 31.9 Å². The van der Waals surface area contributed by atoms with Gasteiger partial charge in [-0.15, -0.1) is 0 Å². The molecule has 0 aromatic heterocycles. The highest BCUT2D eigenvalue weighted by Gasteiger charge is 2.09. The van der Waals surface area contributed by atoms with E-state index in [0.29, 0.717) is 0 Å². The number of aryl methyl sites for hydroxylation is 3. The van der Waals surface area contributed by atoms with E-state index in [9.17, 15) is 10.1 Å². The monoisotopic (exact) mass is 366 g/mol. The summed E-state index contributed by atoms with van der Waals surface area (Å²) in [5.74, 6) is 0. The Labute approximate surface area is 162 Å². The molecular formula is C23H30N2O2. The molecule has 0 aliphatic heterocycles. The predicted octanol–water partition coefficient (Wildman–Crippen LogP) is 6.09. The smallest absolute Gasteiger partial charge is 0.269 e. The summed E-state index contributed by atoms with van der Waals surface area (Å²) in [6, 6.07) is 11.2. The Morgan fingerprint density at radius 2 is 1.74 bits per heavy atom. The first kappa shape index (κ1) is 20.7. The lowest BCUT2D eigenvalue weighted by atomic mass is 9.91. The fourth-order valence-corrected chi connectivity index (χ4v) is 3.41. The number of rotatable bonds is 4. The summed E-state index contributed by atoms with van der Waals surface area (Å²) < 4.78 is 0. The van der Waals surface area contributed by atoms with Crippen LogP contribution in [0.3, 0.4) is 0 Å². The van der Waals surface area contributed by atoms with Gasteiger partial charge in [0.25, 0.3) is 5.69 Å². The fourth-order valence-electron chi connectivity index (χ4n) is 3.41. The lowest BCUT2D eigenvalue weighted by Crippen LogP contribution is -2.13. The molecule has 0 unspecified atom stereocenters. The molecule has 4 nitrogen and oxygen atoms in total. The van der Waals surface area contributed by atoms with Crippen LogP contribution < -0.4 is 4.90 Å². The summed E-state index contributed by atoms with van der Waals surface area (Å²) in [7, 11) is 4.22. The number of hydrogen-bond acceptors (Lipinski definition) is 3. The van der Waals surface area contributed by atoms with Gasteiger partial charge in [-0.05, 0) is 68.4 Å². The predicted molar refractivity (Wildman–Crippen MR) is 115 cm³/mol. The van der Waals surface area contributed by atoms with Crippen LogP contribution in [0, 0.1) is 24.0 Å². The Bertz CT molecular complexity index is 815. The van der Waals surface area contributed by atoms with Crippen molar-refractivity contribution in [2.75, 3.05) is 19.0 Å². The van der Waals surface area contributed by atoms with E-state index in [4.69, 9.17) is 0 Å².